The first-order chi connectivity index (χ1) is 9.45. The zero-order valence-electron chi connectivity index (χ0n) is 11.0. The lowest BCUT2D eigenvalue weighted by atomic mass is 10.1. The number of carbonyl (C=O) groups excluding carboxylic acids is 2. The summed E-state index contributed by atoms with van der Waals surface area (Å²) in [4.78, 5) is 33.9. The number of rotatable bonds is 4. The van der Waals surface area contributed by atoms with Gasteiger partial charge in [-0.15, -0.1) is 0 Å². The van der Waals surface area contributed by atoms with E-state index in [1.54, 1.807) is 19.1 Å². The fourth-order valence-electron chi connectivity index (χ4n) is 1.99. The van der Waals surface area contributed by atoms with Crippen LogP contribution in [0.1, 0.15) is 36.5 Å². The molecule has 0 aliphatic carbocycles. The number of Topliss-reactive ketones (excluding diaryl/α,β-unsaturated/α-hetero) is 1. The molecule has 6 heteroatoms. The predicted octanol–water partition coefficient (Wildman–Crippen LogP) is 1.84. The number of ether oxygens (including phenoxy) is 1. The predicted molar refractivity (Wildman–Crippen MR) is 71.0 cm³/mol. The SMILES string of the molecule is CC1CC(=O)Nc2cc(C(=O)CCC(=O)O)ccc2O1. The summed E-state index contributed by atoms with van der Waals surface area (Å²) >= 11 is 0. The van der Waals surface area contributed by atoms with E-state index >= 15 is 0 Å². The van der Waals surface area contributed by atoms with Crippen molar-refractivity contribution in [2.24, 2.45) is 0 Å². The Bertz CT molecular complexity index is 567. The molecule has 106 valence electrons. The van der Waals surface area contributed by atoms with Crippen molar-refractivity contribution in [1.29, 1.82) is 0 Å². The number of amides is 1. The van der Waals surface area contributed by atoms with Gasteiger partial charge >= 0.3 is 5.97 Å². The number of aliphatic carboxylic acids is 1. The van der Waals surface area contributed by atoms with E-state index in [2.05, 4.69) is 5.32 Å². The minimum Gasteiger partial charge on any atom is -0.488 e. The van der Waals surface area contributed by atoms with Gasteiger partial charge < -0.3 is 15.2 Å². The Morgan fingerprint density at radius 1 is 1.40 bits per heavy atom. The highest BCUT2D eigenvalue weighted by molar-refractivity contribution is 6.00. The first-order valence-corrected chi connectivity index (χ1v) is 6.31. The number of carboxylic acids is 1. The average molecular weight is 277 g/mol. The molecule has 0 bridgehead atoms. The molecule has 1 aromatic rings. The van der Waals surface area contributed by atoms with Crippen molar-refractivity contribution in [3.05, 3.63) is 23.8 Å². The van der Waals surface area contributed by atoms with E-state index in [-0.39, 0.29) is 37.1 Å². The van der Waals surface area contributed by atoms with Gasteiger partial charge in [-0.3, -0.25) is 14.4 Å². The monoisotopic (exact) mass is 277 g/mol. The van der Waals surface area contributed by atoms with Crippen molar-refractivity contribution in [3.63, 3.8) is 0 Å². The molecule has 1 unspecified atom stereocenters. The lowest BCUT2D eigenvalue weighted by Crippen LogP contribution is -2.17. The standard InChI is InChI=1S/C14H15NO5/c1-8-6-13(17)15-10-7-9(2-4-12(10)20-8)11(16)3-5-14(18)19/h2,4,7-8H,3,5-6H2,1H3,(H,15,17)(H,18,19). The number of ketones is 1. The molecule has 1 aliphatic rings. The first-order valence-electron chi connectivity index (χ1n) is 6.31. The number of benzene rings is 1. The van der Waals surface area contributed by atoms with Crippen LogP contribution in [0.15, 0.2) is 18.2 Å². The third kappa shape index (κ3) is 3.34. The molecule has 1 aromatic carbocycles. The summed E-state index contributed by atoms with van der Waals surface area (Å²) in [6, 6.07) is 4.72. The highest BCUT2D eigenvalue weighted by Gasteiger charge is 2.20. The van der Waals surface area contributed by atoms with Crippen molar-refractivity contribution in [3.8, 4) is 5.75 Å². The Balaban J connectivity index is 2.20. The van der Waals surface area contributed by atoms with Crippen LogP contribution in [0.25, 0.3) is 0 Å². The molecule has 1 aliphatic heterocycles. The summed E-state index contributed by atoms with van der Waals surface area (Å²) in [6.45, 7) is 1.79. The number of carbonyl (C=O) groups is 3. The maximum Gasteiger partial charge on any atom is 0.303 e. The normalized spacial score (nSPS) is 17.4. The number of fused-ring (bicyclic) bond motifs is 1. The molecule has 20 heavy (non-hydrogen) atoms. The summed E-state index contributed by atoms with van der Waals surface area (Å²) in [6.07, 6.45) is -0.267. The van der Waals surface area contributed by atoms with Crippen LogP contribution in [-0.4, -0.2) is 28.9 Å². The van der Waals surface area contributed by atoms with Gasteiger partial charge in [-0.1, -0.05) is 0 Å². The Kier molecular flexibility index (Phi) is 4.02. The fraction of sp³-hybridized carbons (Fsp3) is 0.357. The third-order valence-corrected chi connectivity index (χ3v) is 2.94. The van der Waals surface area contributed by atoms with Gasteiger partial charge in [0.2, 0.25) is 5.91 Å². The first kappa shape index (κ1) is 14.0. The van der Waals surface area contributed by atoms with Crippen molar-refractivity contribution >= 4 is 23.3 Å². The second-order valence-corrected chi connectivity index (χ2v) is 4.71. The van der Waals surface area contributed by atoms with E-state index in [1.807, 2.05) is 0 Å². The van der Waals surface area contributed by atoms with E-state index in [0.717, 1.165) is 0 Å². The summed E-state index contributed by atoms with van der Waals surface area (Å²) in [5.41, 5.74) is 0.809. The van der Waals surface area contributed by atoms with E-state index < -0.39 is 5.97 Å². The summed E-state index contributed by atoms with van der Waals surface area (Å²) < 4.78 is 5.57. The lowest BCUT2D eigenvalue weighted by molar-refractivity contribution is -0.137. The third-order valence-electron chi connectivity index (χ3n) is 2.94. The Morgan fingerprint density at radius 2 is 2.15 bits per heavy atom. The molecule has 0 saturated carbocycles. The lowest BCUT2D eigenvalue weighted by Gasteiger charge is -2.11. The molecular weight excluding hydrogens is 262 g/mol. The molecule has 0 spiro atoms. The number of nitrogens with one attached hydrogen (secondary N) is 1. The van der Waals surface area contributed by atoms with Gasteiger partial charge in [0.15, 0.2) is 5.78 Å². The minimum atomic E-state index is -1.02. The summed E-state index contributed by atoms with van der Waals surface area (Å²) in [7, 11) is 0. The van der Waals surface area contributed by atoms with Crippen molar-refractivity contribution in [2.45, 2.75) is 32.3 Å². The van der Waals surface area contributed by atoms with Crippen LogP contribution < -0.4 is 10.1 Å². The molecule has 0 aromatic heterocycles. The Labute approximate surface area is 115 Å². The van der Waals surface area contributed by atoms with E-state index in [1.165, 1.54) is 6.07 Å². The van der Waals surface area contributed by atoms with Crippen LogP contribution in [0.2, 0.25) is 0 Å². The second kappa shape index (κ2) is 5.73. The van der Waals surface area contributed by atoms with Crippen LogP contribution in [0, 0.1) is 0 Å². The maximum atomic E-state index is 11.8. The van der Waals surface area contributed by atoms with Gasteiger partial charge in [-0.05, 0) is 25.1 Å². The van der Waals surface area contributed by atoms with Crippen LogP contribution in [0.4, 0.5) is 5.69 Å². The van der Waals surface area contributed by atoms with Gasteiger partial charge in [0.05, 0.1) is 18.5 Å². The van der Waals surface area contributed by atoms with Crippen LogP contribution in [0.5, 0.6) is 5.75 Å². The molecule has 1 atom stereocenters. The molecule has 0 fully saturated rings. The Morgan fingerprint density at radius 3 is 2.85 bits per heavy atom. The molecule has 6 nitrogen and oxygen atoms in total. The minimum absolute atomic E-state index is 0.0701. The second-order valence-electron chi connectivity index (χ2n) is 4.71. The molecule has 0 saturated heterocycles. The molecule has 2 rings (SSSR count). The summed E-state index contributed by atoms with van der Waals surface area (Å²) in [5, 5.41) is 11.3. The number of hydrogen-bond acceptors (Lipinski definition) is 4. The number of hydrogen-bond donors (Lipinski definition) is 2. The van der Waals surface area contributed by atoms with E-state index in [4.69, 9.17) is 9.84 Å². The highest BCUT2D eigenvalue weighted by atomic mass is 16.5. The Hall–Kier alpha value is -2.37. The van der Waals surface area contributed by atoms with Crippen molar-refractivity contribution < 1.29 is 24.2 Å². The van der Waals surface area contributed by atoms with Crippen LogP contribution in [-0.2, 0) is 9.59 Å². The van der Waals surface area contributed by atoms with Crippen molar-refractivity contribution in [1.82, 2.24) is 0 Å². The largest absolute Gasteiger partial charge is 0.488 e. The van der Waals surface area contributed by atoms with Crippen LogP contribution in [0.3, 0.4) is 0 Å². The van der Waals surface area contributed by atoms with Gasteiger partial charge in [0, 0.05) is 12.0 Å². The highest BCUT2D eigenvalue weighted by Crippen LogP contribution is 2.30. The zero-order valence-corrected chi connectivity index (χ0v) is 11.0. The van der Waals surface area contributed by atoms with Gasteiger partial charge in [0.1, 0.15) is 11.9 Å². The molecule has 2 N–H and O–H groups in total. The zero-order chi connectivity index (χ0) is 14.7. The van der Waals surface area contributed by atoms with E-state index in [0.29, 0.717) is 17.0 Å². The van der Waals surface area contributed by atoms with Crippen LogP contribution >= 0.6 is 0 Å². The molecule has 1 heterocycles. The smallest absolute Gasteiger partial charge is 0.303 e. The topological polar surface area (TPSA) is 92.7 Å². The van der Waals surface area contributed by atoms with E-state index in [9.17, 15) is 14.4 Å². The van der Waals surface area contributed by atoms with Gasteiger partial charge in [0.25, 0.3) is 0 Å². The fourth-order valence-corrected chi connectivity index (χ4v) is 1.99. The summed E-state index contributed by atoms with van der Waals surface area (Å²) in [5.74, 6) is -0.954. The molecular formula is C14H15NO5. The number of carboxylic acid groups (broad SMARTS) is 1. The molecule has 1 amide bonds. The van der Waals surface area contributed by atoms with Gasteiger partial charge in [-0.2, -0.15) is 0 Å². The molecule has 0 radical (unpaired) electrons. The maximum absolute atomic E-state index is 11.8. The number of anilines is 1. The average Bonchev–Trinajstić information content (AvgIpc) is 2.51. The van der Waals surface area contributed by atoms with Gasteiger partial charge in [-0.25, -0.2) is 0 Å². The quantitative estimate of drug-likeness (QED) is 0.819. The van der Waals surface area contributed by atoms with Crippen molar-refractivity contribution in [2.75, 3.05) is 5.32 Å².